The molecule has 140 valence electrons. The van der Waals surface area contributed by atoms with Gasteiger partial charge in [-0.05, 0) is 43.7 Å². The first-order chi connectivity index (χ1) is 13.0. The molecule has 1 N–H and O–H groups in total. The van der Waals surface area contributed by atoms with Crippen LogP contribution in [-0.4, -0.2) is 30.3 Å². The Balaban J connectivity index is 1.71. The van der Waals surface area contributed by atoms with E-state index in [0.29, 0.717) is 28.8 Å². The first-order valence-electron chi connectivity index (χ1n) is 8.42. The number of benzene rings is 2. The summed E-state index contributed by atoms with van der Waals surface area (Å²) in [6.45, 7) is 3.99. The van der Waals surface area contributed by atoms with Crippen molar-refractivity contribution in [3.8, 4) is 22.9 Å². The Morgan fingerprint density at radius 2 is 1.85 bits per heavy atom. The van der Waals surface area contributed by atoms with Crippen molar-refractivity contribution in [1.29, 1.82) is 0 Å². The SMILES string of the molecule is COc1ccc(-c2noc(CNC(=O)c3cc(C)ccc3C)n2)cc1OC. The van der Waals surface area contributed by atoms with Crippen LogP contribution in [0.5, 0.6) is 11.5 Å². The molecule has 0 spiro atoms. The smallest absolute Gasteiger partial charge is 0.251 e. The third kappa shape index (κ3) is 4.08. The Hall–Kier alpha value is -3.35. The van der Waals surface area contributed by atoms with Crippen molar-refractivity contribution >= 4 is 5.91 Å². The lowest BCUT2D eigenvalue weighted by Gasteiger charge is -2.07. The van der Waals surface area contributed by atoms with Gasteiger partial charge in [-0.15, -0.1) is 0 Å². The average Bonchev–Trinajstić information content (AvgIpc) is 3.16. The number of hydrogen-bond donors (Lipinski definition) is 1. The summed E-state index contributed by atoms with van der Waals surface area (Å²) in [7, 11) is 3.13. The first kappa shape index (κ1) is 18.4. The number of rotatable bonds is 6. The second kappa shape index (κ2) is 7.90. The van der Waals surface area contributed by atoms with Crippen molar-refractivity contribution in [2.24, 2.45) is 0 Å². The van der Waals surface area contributed by atoms with Crippen LogP contribution in [0.25, 0.3) is 11.4 Å². The van der Waals surface area contributed by atoms with Gasteiger partial charge in [0.2, 0.25) is 11.7 Å². The van der Waals surface area contributed by atoms with Gasteiger partial charge in [-0.2, -0.15) is 4.98 Å². The van der Waals surface area contributed by atoms with Crippen molar-refractivity contribution in [1.82, 2.24) is 15.5 Å². The summed E-state index contributed by atoms with van der Waals surface area (Å²) in [5.74, 6) is 1.74. The predicted octanol–water partition coefficient (Wildman–Crippen LogP) is 3.30. The minimum Gasteiger partial charge on any atom is -0.493 e. The number of carbonyl (C=O) groups is 1. The molecule has 1 amide bonds. The van der Waals surface area contributed by atoms with Crippen LogP contribution in [0, 0.1) is 13.8 Å². The molecule has 0 atom stereocenters. The summed E-state index contributed by atoms with van der Waals surface area (Å²) in [6.07, 6.45) is 0. The number of nitrogens with zero attached hydrogens (tertiary/aromatic N) is 2. The number of nitrogens with one attached hydrogen (secondary N) is 1. The summed E-state index contributed by atoms with van der Waals surface area (Å²) in [5.41, 5.74) is 3.30. The van der Waals surface area contributed by atoms with E-state index in [1.807, 2.05) is 38.1 Å². The van der Waals surface area contributed by atoms with Gasteiger partial charge in [-0.25, -0.2) is 0 Å². The van der Waals surface area contributed by atoms with Gasteiger partial charge >= 0.3 is 0 Å². The molecular formula is C20H21N3O4. The molecule has 0 radical (unpaired) electrons. The quantitative estimate of drug-likeness (QED) is 0.719. The minimum atomic E-state index is -0.179. The van der Waals surface area contributed by atoms with Gasteiger partial charge in [-0.3, -0.25) is 4.79 Å². The molecule has 0 aliphatic carbocycles. The molecule has 27 heavy (non-hydrogen) atoms. The van der Waals surface area contributed by atoms with Crippen LogP contribution in [0.3, 0.4) is 0 Å². The van der Waals surface area contributed by atoms with Gasteiger partial charge in [-0.1, -0.05) is 22.9 Å². The van der Waals surface area contributed by atoms with Gasteiger partial charge in [0.1, 0.15) is 0 Å². The molecule has 0 bridgehead atoms. The number of methoxy groups -OCH3 is 2. The third-order valence-electron chi connectivity index (χ3n) is 4.15. The fourth-order valence-electron chi connectivity index (χ4n) is 2.65. The van der Waals surface area contributed by atoms with Gasteiger partial charge in [0.15, 0.2) is 11.5 Å². The van der Waals surface area contributed by atoms with Crippen LogP contribution in [0.1, 0.15) is 27.4 Å². The van der Waals surface area contributed by atoms with Crippen LogP contribution in [-0.2, 0) is 6.54 Å². The number of hydrogen-bond acceptors (Lipinski definition) is 6. The van der Waals surface area contributed by atoms with Crippen LogP contribution in [0.2, 0.25) is 0 Å². The number of aromatic nitrogens is 2. The highest BCUT2D eigenvalue weighted by atomic mass is 16.5. The van der Waals surface area contributed by atoms with Gasteiger partial charge in [0, 0.05) is 11.1 Å². The Labute approximate surface area is 157 Å². The molecule has 3 rings (SSSR count). The fourth-order valence-corrected chi connectivity index (χ4v) is 2.65. The number of aryl methyl sites for hydroxylation is 2. The normalized spacial score (nSPS) is 10.5. The molecule has 0 aliphatic heterocycles. The van der Waals surface area contributed by atoms with Crippen molar-refractivity contribution in [2.75, 3.05) is 14.2 Å². The maximum atomic E-state index is 12.4. The molecule has 7 heteroatoms. The Morgan fingerprint density at radius 1 is 1.07 bits per heavy atom. The Morgan fingerprint density at radius 3 is 2.59 bits per heavy atom. The molecule has 0 unspecified atom stereocenters. The lowest BCUT2D eigenvalue weighted by Crippen LogP contribution is -2.23. The van der Waals surface area contributed by atoms with E-state index >= 15 is 0 Å². The van der Waals surface area contributed by atoms with Gasteiger partial charge in [0.25, 0.3) is 5.91 Å². The zero-order valence-corrected chi connectivity index (χ0v) is 15.7. The second-order valence-electron chi connectivity index (χ2n) is 6.08. The summed E-state index contributed by atoms with van der Waals surface area (Å²) >= 11 is 0. The lowest BCUT2D eigenvalue weighted by atomic mass is 10.1. The van der Waals surface area contributed by atoms with Crippen molar-refractivity contribution < 1.29 is 18.8 Å². The summed E-state index contributed by atoms with van der Waals surface area (Å²) in [6, 6.07) is 11.1. The van der Waals surface area contributed by atoms with E-state index in [4.69, 9.17) is 14.0 Å². The van der Waals surface area contributed by atoms with E-state index in [0.717, 1.165) is 16.7 Å². The third-order valence-corrected chi connectivity index (χ3v) is 4.15. The molecule has 0 saturated heterocycles. The van der Waals surface area contributed by atoms with E-state index in [1.54, 1.807) is 26.4 Å². The number of carbonyl (C=O) groups excluding carboxylic acids is 1. The summed E-state index contributed by atoms with van der Waals surface area (Å²) in [5, 5.41) is 6.77. The Kier molecular flexibility index (Phi) is 5.40. The molecule has 7 nitrogen and oxygen atoms in total. The maximum absolute atomic E-state index is 12.4. The summed E-state index contributed by atoms with van der Waals surface area (Å²) in [4.78, 5) is 16.7. The van der Waals surface area contributed by atoms with Crippen LogP contribution in [0.4, 0.5) is 0 Å². The highest BCUT2D eigenvalue weighted by Crippen LogP contribution is 2.31. The highest BCUT2D eigenvalue weighted by Gasteiger charge is 2.14. The van der Waals surface area contributed by atoms with E-state index in [1.165, 1.54) is 0 Å². The van der Waals surface area contributed by atoms with E-state index in [-0.39, 0.29) is 12.5 Å². The topological polar surface area (TPSA) is 86.5 Å². The van der Waals surface area contributed by atoms with Crippen molar-refractivity contribution in [2.45, 2.75) is 20.4 Å². The zero-order chi connectivity index (χ0) is 19.4. The molecule has 3 aromatic rings. The van der Waals surface area contributed by atoms with Crippen LogP contribution in [0.15, 0.2) is 40.9 Å². The standard InChI is InChI=1S/C20H21N3O4/c1-12-5-6-13(2)15(9-12)20(24)21-11-18-22-19(23-27-18)14-7-8-16(25-3)17(10-14)26-4/h5-10H,11H2,1-4H3,(H,21,24). The molecular weight excluding hydrogens is 346 g/mol. The van der Waals surface area contributed by atoms with Crippen molar-refractivity contribution in [3.05, 3.63) is 59.0 Å². The predicted molar refractivity (Wildman–Crippen MR) is 99.9 cm³/mol. The molecule has 1 heterocycles. The largest absolute Gasteiger partial charge is 0.493 e. The molecule has 0 fully saturated rings. The van der Waals surface area contributed by atoms with E-state index in [9.17, 15) is 4.79 Å². The van der Waals surface area contributed by atoms with Gasteiger partial charge < -0.3 is 19.3 Å². The highest BCUT2D eigenvalue weighted by molar-refractivity contribution is 5.95. The second-order valence-corrected chi connectivity index (χ2v) is 6.08. The Bertz CT molecular complexity index is 966. The average molecular weight is 367 g/mol. The minimum absolute atomic E-state index is 0.145. The monoisotopic (exact) mass is 367 g/mol. The zero-order valence-electron chi connectivity index (χ0n) is 15.7. The molecule has 2 aromatic carbocycles. The van der Waals surface area contributed by atoms with Gasteiger partial charge in [0.05, 0.1) is 20.8 Å². The summed E-state index contributed by atoms with van der Waals surface area (Å²) < 4.78 is 15.7. The molecule has 0 saturated carbocycles. The maximum Gasteiger partial charge on any atom is 0.251 e. The van der Waals surface area contributed by atoms with E-state index < -0.39 is 0 Å². The number of ether oxygens (including phenoxy) is 2. The fraction of sp³-hybridized carbons (Fsp3) is 0.250. The molecule has 1 aromatic heterocycles. The lowest BCUT2D eigenvalue weighted by molar-refractivity contribution is 0.0945. The van der Waals surface area contributed by atoms with Crippen LogP contribution < -0.4 is 14.8 Å². The number of amides is 1. The van der Waals surface area contributed by atoms with Crippen LogP contribution >= 0.6 is 0 Å². The molecule has 0 aliphatic rings. The van der Waals surface area contributed by atoms with E-state index in [2.05, 4.69) is 15.5 Å². The van der Waals surface area contributed by atoms with Crippen molar-refractivity contribution in [3.63, 3.8) is 0 Å². The first-order valence-corrected chi connectivity index (χ1v) is 8.42.